The van der Waals surface area contributed by atoms with Crippen molar-refractivity contribution in [3.63, 3.8) is 0 Å². The van der Waals surface area contributed by atoms with Gasteiger partial charge in [0.2, 0.25) is 0 Å². The highest BCUT2D eigenvalue weighted by molar-refractivity contribution is 6.33. The Morgan fingerprint density at radius 3 is 2.33 bits per heavy atom. The van der Waals surface area contributed by atoms with Gasteiger partial charge in [0.05, 0.1) is 5.38 Å². The first kappa shape index (κ1) is 13.4. The van der Waals surface area contributed by atoms with Crippen LogP contribution in [0.4, 0.5) is 4.39 Å². The zero-order valence-corrected chi connectivity index (χ0v) is 11.7. The number of benzene rings is 2. The van der Waals surface area contributed by atoms with E-state index in [-0.39, 0.29) is 11.2 Å². The maximum Gasteiger partial charge on any atom is 0.124 e. The summed E-state index contributed by atoms with van der Waals surface area (Å²) in [6.07, 6.45) is 0. The van der Waals surface area contributed by atoms with E-state index in [1.165, 1.54) is 23.3 Å². The Morgan fingerprint density at radius 1 is 1.00 bits per heavy atom. The molecule has 0 nitrogen and oxygen atoms in total. The van der Waals surface area contributed by atoms with Crippen LogP contribution in [0.25, 0.3) is 0 Å². The normalized spacial score (nSPS) is 12.5. The Kier molecular flexibility index (Phi) is 3.94. The Balaban J connectivity index is 2.41. The first-order chi connectivity index (χ1) is 8.49. The minimum absolute atomic E-state index is 0.354. The topological polar surface area (TPSA) is 0 Å². The first-order valence-corrected chi connectivity index (χ1v) is 6.46. The lowest BCUT2D eigenvalue weighted by molar-refractivity contribution is 0.627. The number of halogens is 3. The van der Waals surface area contributed by atoms with Crippen LogP contribution in [0, 0.1) is 19.7 Å². The SMILES string of the molecule is Cc1ccc(C(Cl)c2ccc(F)cc2Cl)cc1C. The van der Waals surface area contributed by atoms with Crippen molar-refractivity contribution in [2.75, 3.05) is 0 Å². The van der Waals surface area contributed by atoms with Crippen LogP contribution >= 0.6 is 23.2 Å². The number of rotatable bonds is 2. The highest BCUT2D eigenvalue weighted by Gasteiger charge is 2.15. The Bertz CT molecular complexity index is 579. The van der Waals surface area contributed by atoms with Crippen LogP contribution < -0.4 is 0 Å². The molecule has 1 atom stereocenters. The van der Waals surface area contributed by atoms with Gasteiger partial charge in [0.15, 0.2) is 0 Å². The third-order valence-corrected chi connectivity index (χ3v) is 3.87. The molecule has 0 bridgehead atoms. The Morgan fingerprint density at radius 2 is 1.72 bits per heavy atom. The maximum atomic E-state index is 13.0. The summed E-state index contributed by atoms with van der Waals surface area (Å²) < 4.78 is 13.0. The average molecular weight is 283 g/mol. The van der Waals surface area contributed by atoms with Crippen molar-refractivity contribution in [3.8, 4) is 0 Å². The molecule has 0 aromatic heterocycles. The minimum Gasteiger partial charge on any atom is -0.207 e. The molecule has 0 amide bonds. The van der Waals surface area contributed by atoms with Crippen LogP contribution in [-0.4, -0.2) is 0 Å². The fraction of sp³-hybridized carbons (Fsp3) is 0.200. The minimum atomic E-state index is -0.364. The molecule has 0 spiro atoms. The maximum absolute atomic E-state index is 13.0. The molecule has 2 rings (SSSR count). The van der Waals surface area contributed by atoms with Crippen molar-refractivity contribution < 1.29 is 4.39 Å². The molecule has 18 heavy (non-hydrogen) atoms. The average Bonchev–Trinajstić information content (AvgIpc) is 2.32. The van der Waals surface area contributed by atoms with Gasteiger partial charge in [-0.1, -0.05) is 35.9 Å². The molecule has 0 saturated carbocycles. The number of hydrogen-bond donors (Lipinski definition) is 0. The van der Waals surface area contributed by atoms with E-state index in [1.807, 2.05) is 32.0 Å². The predicted molar refractivity (Wildman–Crippen MR) is 75.0 cm³/mol. The van der Waals surface area contributed by atoms with E-state index in [9.17, 15) is 4.39 Å². The van der Waals surface area contributed by atoms with E-state index >= 15 is 0 Å². The largest absolute Gasteiger partial charge is 0.207 e. The van der Waals surface area contributed by atoms with Crippen molar-refractivity contribution in [3.05, 3.63) is 69.5 Å². The Labute approximate surface area is 116 Å². The fourth-order valence-corrected chi connectivity index (χ4v) is 2.47. The molecule has 2 aromatic carbocycles. The second kappa shape index (κ2) is 5.29. The van der Waals surface area contributed by atoms with Crippen LogP contribution in [0.5, 0.6) is 0 Å². The van der Waals surface area contributed by atoms with Gasteiger partial charge >= 0.3 is 0 Å². The molecular weight excluding hydrogens is 270 g/mol. The van der Waals surface area contributed by atoms with Crippen molar-refractivity contribution in [1.29, 1.82) is 0 Å². The molecule has 2 aromatic rings. The highest BCUT2D eigenvalue weighted by atomic mass is 35.5. The summed E-state index contributed by atoms with van der Waals surface area (Å²) in [6.45, 7) is 4.09. The summed E-state index contributed by atoms with van der Waals surface area (Å²) in [6, 6.07) is 10.3. The summed E-state index contributed by atoms with van der Waals surface area (Å²) >= 11 is 12.4. The van der Waals surface area contributed by atoms with Crippen LogP contribution in [0.15, 0.2) is 36.4 Å². The van der Waals surface area contributed by atoms with Gasteiger partial charge in [-0.3, -0.25) is 0 Å². The summed E-state index contributed by atoms with van der Waals surface area (Å²) in [5.41, 5.74) is 4.08. The summed E-state index contributed by atoms with van der Waals surface area (Å²) in [7, 11) is 0. The van der Waals surface area contributed by atoms with Gasteiger partial charge < -0.3 is 0 Å². The van der Waals surface area contributed by atoms with Crippen molar-refractivity contribution >= 4 is 23.2 Å². The molecule has 0 fully saturated rings. The second-order valence-electron chi connectivity index (χ2n) is 4.37. The third kappa shape index (κ3) is 2.68. The monoisotopic (exact) mass is 282 g/mol. The van der Waals surface area contributed by atoms with Crippen molar-refractivity contribution in [1.82, 2.24) is 0 Å². The molecule has 0 saturated heterocycles. The molecule has 94 valence electrons. The van der Waals surface area contributed by atoms with E-state index in [4.69, 9.17) is 23.2 Å². The zero-order valence-electron chi connectivity index (χ0n) is 10.2. The van der Waals surface area contributed by atoms with Crippen LogP contribution in [0.2, 0.25) is 5.02 Å². The lowest BCUT2D eigenvalue weighted by atomic mass is 10.00. The molecule has 0 heterocycles. The zero-order chi connectivity index (χ0) is 13.3. The summed E-state index contributed by atoms with van der Waals surface area (Å²) in [5.74, 6) is -0.354. The quantitative estimate of drug-likeness (QED) is 0.645. The van der Waals surface area contributed by atoms with E-state index < -0.39 is 0 Å². The molecule has 0 N–H and O–H groups in total. The highest BCUT2D eigenvalue weighted by Crippen LogP contribution is 2.34. The molecule has 3 heteroatoms. The third-order valence-electron chi connectivity index (χ3n) is 3.06. The summed E-state index contributed by atoms with van der Waals surface area (Å²) in [4.78, 5) is 0. The standard InChI is InChI=1S/C15H13Cl2F/c1-9-3-4-11(7-10(9)2)15(17)13-6-5-12(18)8-14(13)16/h3-8,15H,1-2H3. The van der Waals surface area contributed by atoms with Crippen molar-refractivity contribution in [2.45, 2.75) is 19.2 Å². The molecule has 0 aliphatic carbocycles. The molecular formula is C15H13Cl2F. The van der Waals surface area contributed by atoms with Gasteiger partial charge in [-0.2, -0.15) is 0 Å². The van der Waals surface area contributed by atoms with Gasteiger partial charge in [-0.25, -0.2) is 4.39 Å². The summed E-state index contributed by atoms with van der Waals surface area (Å²) in [5, 5.41) is -0.00868. The Hall–Kier alpha value is -1.05. The molecule has 0 aliphatic heterocycles. The van der Waals surface area contributed by atoms with E-state index in [2.05, 4.69) is 0 Å². The van der Waals surface area contributed by atoms with Crippen LogP contribution in [-0.2, 0) is 0 Å². The molecule has 1 unspecified atom stereocenters. The van der Waals surface area contributed by atoms with E-state index in [0.29, 0.717) is 5.02 Å². The number of alkyl halides is 1. The van der Waals surface area contributed by atoms with Gasteiger partial charge in [0.25, 0.3) is 0 Å². The van der Waals surface area contributed by atoms with Gasteiger partial charge in [0.1, 0.15) is 5.82 Å². The van der Waals surface area contributed by atoms with Gasteiger partial charge in [-0.05, 0) is 48.2 Å². The number of aryl methyl sites for hydroxylation is 2. The smallest absolute Gasteiger partial charge is 0.124 e. The van der Waals surface area contributed by atoms with E-state index in [1.54, 1.807) is 6.07 Å². The molecule has 0 aliphatic rings. The molecule has 0 radical (unpaired) electrons. The van der Waals surface area contributed by atoms with Crippen LogP contribution in [0.3, 0.4) is 0 Å². The van der Waals surface area contributed by atoms with Crippen molar-refractivity contribution in [2.24, 2.45) is 0 Å². The first-order valence-electron chi connectivity index (χ1n) is 5.65. The van der Waals surface area contributed by atoms with Crippen LogP contribution in [0.1, 0.15) is 27.6 Å². The lowest BCUT2D eigenvalue weighted by Gasteiger charge is -2.13. The van der Waals surface area contributed by atoms with Gasteiger partial charge in [0, 0.05) is 5.02 Å². The second-order valence-corrected chi connectivity index (χ2v) is 5.22. The number of hydrogen-bond acceptors (Lipinski definition) is 0. The van der Waals surface area contributed by atoms with E-state index in [0.717, 1.165) is 11.1 Å². The lowest BCUT2D eigenvalue weighted by Crippen LogP contribution is -1.96. The fourth-order valence-electron chi connectivity index (χ4n) is 1.81. The van der Waals surface area contributed by atoms with Gasteiger partial charge in [-0.15, -0.1) is 11.6 Å². The predicted octanol–water partition coefficient (Wildman–Crippen LogP) is 5.42.